The van der Waals surface area contributed by atoms with Gasteiger partial charge in [-0.2, -0.15) is 0 Å². The maximum absolute atomic E-state index is 12.6. The van der Waals surface area contributed by atoms with Gasteiger partial charge >= 0.3 is 0 Å². The number of nitrogens with zero attached hydrogens (tertiary/aromatic N) is 1. The number of hydrogen-bond acceptors (Lipinski definition) is 4. The van der Waals surface area contributed by atoms with E-state index in [9.17, 15) is 13.2 Å². The van der Waals surface area contributed by atoms with E-state index in [1.54, 1.807) is 16.7 Å². The summed E-state index contributed by atoms with van der Waals surface area (Å²) in [5.41, 5.74) is 4.93. The second kappa shape index (κ2) is 7.48. The Morgan fingerprint density at radius 2 is 1.79 bits per heavy atom. The molecule has 0 bridgehead atoms. The fourth-order valence-corrected chi connectivity index (χ4v) is 6.19. The van der Waals surface area contributed by atoms with Crippen molar-refractivity contribution >= 4 is 27.5 Å². The molecule has 0 saturated carbocycles. The summed E-state index contributed by atoms with van der Waals surface area (Å²) in [5, 5.41) is 0. The summed E-state index contributed by atoms with van der Waals surface area (Å²) in [6, 6.07) is 2.02. The Kier molecular flexibility index (Phi) is 6.02. The minimum Gasteiger partial charge on any atom is -0.338 e. The normalized spacial score (nSPS) is 19.5. The van der Waals surface area contributed by atoms with Crippen LogP contribution in [-0.2, 0) is 14.6 Å². The Labute approximate surface area is 149 Å². The lowest BCUT2D eigenvalue weighted by atomic mass is 10.0. The number of amides is 1. The van der Waals surface area contributed by atoms with Crippen LogP contribution in [0.4, 0.5) is 0 Å². The molecule has 0 aromatic heterocycles. The molecule has 1 amide bonds. The van der Waals surface area contributed by atoms with Crippen LogP contribution in [0, 0.1) is 27.7 Å². The third-order valence-electron chi connectivity index (χ3n) is 4.95. The molecular weight excluding hydrogens is 342 g/mol. The van der Waals surface area contributed by atoms with Crippen molar-refractivity contribution < 1.29 is 13.2 Å². The Morgan fingerprint density at radius 3 is 2.25 bits per heavy atom. The van der Waals surface area contributed by atoms with Gasteiger partial charge in [0.25, 0.3) is 0 Å². The zero-order chi connectivity index (χ0) is 18.1. The Bertz CT molecular complexity index is 715. The van der Waals surface area contributed by atoms with Crippen LogP contribution in [0.15, 0.2) is 11.0 Å². The van der Waals surface area contributed by atoms with E-state index in [0.717, 1.165) is 0 Å². The molecule has 1 aliphatic rings. The number of hydrogen-bond donors (Lipinski definition) is 0. The van der Waals surface area contributed by atoms with Crippen molar-refractivity contribution in [2.75, 3.05) is 23.8 Å². The van der Waals surface area contributed by atoms with Crippen LogP contribution < -0.4 is 0 Å². The first-order valence-electron chi connectivity index (χ1n) is 8.36. The van der Waals surface area contributed by atoms with Crippen molar-refractivity contribution in [3.05, 3.63) is 28.3 Å². The molecule has 1 atom stereocenters. The van der Waals surface area contributed by atoms with Crippen molar-refractivity contribution in [1.82, 2.24) is 4.90 Å². The highest BCUT2D eigenvalue weighted by Crippen LogP contribution is 2.31. The standard InChI is InChI=1S/C18H27NO3S2/c1-6-19(16-7-8-24(21,22)11-16)17(20)10-23-18-14(4)12(2)9-13(3)15(18)5/h9,16H,6-8,10-11H2,1-5H3. The number of carbonyl (C=O) groups is 1. The third kappa shape index (κ3) is 4.14. The van der Waals surface area contributed by atoms with Crippen molar-refractivity contribution in [2.24, 2.45) is 0 Å². The maximum Gasteiger partial charge on any atom is 0.233 e. The molecule has 1 heterocycles. The lowest BCUT2D eigenvalue weighted by molar-refractivity contribution is -0.129. The first-order chi connectivity index (χ1) is 11.2. The van der Waals surface area contributed by atoms with Crippen LogP contribution in [0.2, 0.25) is 0 Å². The van der Waals surface area contributed by atoms with Crippen LogP contribution in [0.1, 0.15) is 35.6 Å². The highest BCUT2D eigenvalue weighted by atomic mass is 32.2. The van der Waals surface area contributed by atoms with Crippen LogP contribution in [-0.4, -0.2) is 49.1 Å². The molecule has 1 aliphatic heterocycles. The quantitative estimate of drug-likeness (QED) is 0.749. The van der Waals surface area contributed by atoms with Gasteiger partial charge in [0.2, 0.25) is 5.91 Å². The summed E-state index contributed by atoms with van der Waals surface area (Å²) in [7, 11) is -2.98. The van der Waals surface area contributed by atoms with E-state index in [-0.39, 0.29) is 23.5 Å². The lowest BCUT2D eigenvalue weighted by Gasteiger charge is -2.27. The molecule has 4 nitrogen and oxygen atoms in total. The zero-order valence-corrected chi connectivity index (χ0v) is 16.8. The molecule has 6 heteroatoms. The first-order valence-corrected chi connectivity index (χ1v) is 11.2. The Hall–Kier alpha value is -1.01. The summed E-state index contributed by atoms with van der Waals surface area (Å²) in [4.78, 5) is 15.6. The summed E-state index contributed by atoms with van der Waals surface area (Å²) in [6.07, 6.45) is 0.564. The van der Waals surface area contributed by atoms with E-state index < -0.39 is 9.84 Å². The number of aryl methyl sites for hydroxylation is 2. The highest BCUT2D eigenvalue weighted by Gasteiger charge is 2.33. The smallest absolute Gasteiger partial charge is 0.233 e. The van der Waals surface area contributed by atoms with E-state index in [1.165, 1.54) is 27.1 Å². The fraction of sp³-hybridized carbons (Fsp3) is 0.611. The second-order valence-electron chi connectivity index (χ2n) is 6.61. The number of carbonyl (C=O) groups excluding carboxylic acids is 1. The molecule has 2 rings (SSSR count). The van der Waals surface area contributed by atoms with Crippen LogP contribution in [0.5, 0.6) is 0 Å². The van der Waals surface area contributed by atoms with Crippen molar-refractivity contribution in [2.45, 2.75) is 52.0 Å². The molecule has 0 radical (unpaired) electrons. The minimum atomic E-state index is -2.98. The van der Waals surface area contributed by atoms with Gasteiger partial charge in [0.05, 0.1) is 17.3 Å². The van der Waals surface area contributed by atoms with Gasteiger partial charge in [-0.05, 0) is 63.3 Å². The van der Waals surface area contributed by atoms with Crippen LogP contribution >= 0.6 is 11.8 Å². The SMILES string of the molecule is CCN(C(=O)CSc1c(C)c(C)cc(C)c1C)C1CCS(=O)(=O)C1. The Morgan fingerprint density at radius 1 is 1.21 bits per heavy atom. The highest BCUT2D eigenvalue weighted by molar-refractivity contribution is 8.00. The zero-order valence-electron chi connectivity index (χ0n) is 15.2. The molecule has 24 heavy (non-hydrogen) atoms. The van der Waals surface area contributed by atoms with Crippen molar-refractivity contribution in [3.8, 4) is 0 Å². The van der Waals surface area contributed by atoms with Gasteiger partial charge in [0.15, 0.2) is 9.84 Å². The monoisotopic (exact) mass is 369 g/mol. The number of benzene rings is 1. The van der Waals surface area contributed by atoms with Gasteiger partial charge in [0, 0.05) is 17.5 Å². The lowest BCUT2D eigenvalue weighted by Crippen LogP contribution is -2.41. The van der Waals surface area contributed by atoms with Gasteiger partial charge in [0.1, 0.15) is 0 Å². The molecule has 0 N–H and O–H groups in total. The van der Waals surface area contributed by atoms with Gasteiger partial charge in [-0.25, -0.2) is 8.42 Å². The fourth-order valence-electron chi connectivity index (χ4n) is 3.27. The van der Waals surface area contributed by atoms with Gasteiger partial charge in [-0.3, -0.25) is 4.79 Å². The largest absolute Gasteiger partial charge is 0.338 e. The number of sulfone groups is 1. The predicted molar refractivity (Wildman–Crippen MR) is 101 cm³/mol. The average Bonchev–Trinajstić information content (AvgIpc) is 2.86. The Balaban J connectivity index is 2.10. The van der Waals surface area contributed by atoms with Gasteiger partial charge < -0.3 is 4.90 Å². The number of thioether (sulfide) groups is 1. The van der Waals surface area contributed by atoms with Gasteiger partial charge in [-0.15, -0.1) is 11.8 Å². The summed E-state index contributed by atoms with van der Waals surface area (Å²) in [5.74, 6) is 0.695. The molecule has 1 unspecified atom stereocenters. The molecule has 134 valence electrons. The van der Waals surface area contributed by atoms with E-state index in [4.69, 9.17) is 0 Å². The third-order valence-corrected chi connectivity index (χ3v) is 7.99. The molecule has 1 fully saturated rings. The topological polar surface area (TPSA) is 54.5 Å². The minimum absolute atomic E-state index is 0.0301. The van der Waals surface area contributed by atoms with E-state index in [1.807, 2.05) is 6.92 Å². The molecule has 1 aromatic carbocycles. The summed E-state index contributed by atoms with van der Waals surface area (Å²) < 4.78 is 23.4. The average molecular weight is 370 g/mol. The molecule has 1 saturated heterocycles. The first kappa shape index (κ1) is 19.3. The van der Waals surface area contributed by atoms with Crippen LogP contribution in [0.3, 0.4) is 0 Å². The van der Waals surface area contributed by atoms with E-state index >= 15 is 0 Å². The van der Waals surface area contributed by atoms with Crippen molar-refractivity contribution in [1.29, 1.82) is 0 Å². The number of rotatable bonds is 5. The van der Waals surface area contributed by atoms with E-state index in [2.05, 4.69) is 33.8 Å². The van der Waals surface area contributed by atoms with Crippen molar-refractivity contribution in [3.63, 3.8) is 0 Å². The van der Waals surface area contributed by atoms with Gasteiger partial charge in [-0.1, -0.05) is 6.07 Å². The van der Waals surface area contributed by atoms with Crippen LogP contribution in [0.25, 0.3) is 0 Å². The molecular formula is C18H27NO3S2. The summed E-state index contributed by atoms with van der Waals surface area (Å²) >= 11 is 1.57. The molecule has 1 aromatic rings. The predicted octanol–water partition coefficient (Wildman–Crippen LogP) is 3.05. The molecule has 0 aliphatic carbocycles. The molecule has 0 spiro atoms. The second-order valence-corrected chi connectivity index (χ2v) is 9.83. The maximum atomic E-state index is 12.6. The van der Waals surface area contributed by atoms with E-state index in [0.29, 0.717) is 18.7 Å². The summed E-state index contributed by atoms with van der Waals surface area (Å²) in [6.45, 7) is 10.8.